The number of H-pyrrole nitrogens is 1. The van der Waals surface area contributed by atoms with Crippen molar-refractivity contribution in [2.75, 3.05) is 11.5 Å². The van der Waals surface area contributed by atoms with Crippen LogP contribution in [0.1, 0.15) is 21.6 Å². The van der Waals surface area contributed by atoms with Crippen LogP contribution in [0.2, 0.25) is 0 Å². The van der Waals surface area contributed by atoms with Gasteiger partial charge in [0.05, 0.1) is 35.0 Å². The number of rotatable bonds is 5. The first kappa shape index (κ1) is 21.1. The summed E-state index contributed by atoms with van der Waals surface area (Å²) in [6.45, 7) is 1.78. The Morgan fingerprint density at radius 2 is 1.85 bits per heavy atom. The van der Waals surface area contributed by atoms with Crippen molar-refractivity contribution in [1.29, 1.82) is 0 Å². The van der Waals surface area contributed by atoms with Crippen molar-refractivity contribution < 1.29 is 18.3 Å². The maximum absolute atomic E-state index is 13.9. The molecule has 0 aliphatic heterocycles. The van der Waals surface area contributed by atoms with Crippen LogP contribution in [0.3, 0.4) is 0 Å². The smallest absolute Gasteiger partial charge is 0.219 e. The van der Waals surface area contributed by atoms with E-state index >= 15 is 0 Å². The van der Waals surface area contributed by atoms with Gasteiger partial charge < -0.3 is 21.2 Å². The maximum atomic E-state index is 13.9. The first-order chi connectivity index (χ1) is 16.3. The van der Waals surface area contributed by atoms with Crippen LogP contribution in [-0.4, -0.2) is 25.5 Å². The number of aromatic nitrogens is 4. The van der Waals surface area contributed by atoms with Gasteiger partial charge in [0.1, 0.15) is 11.6 Å². The molecule has 3 aromatic heterocycles. The Balaban J connectivity index is 1.44. The molecule has 8 nitrogen and oxygen atoms in total. The third-order valence-corrected chi connectivity index (χ3v) is 5.37. The second-order valence-corrected chi connectivity index (χ2v) is 7.67. The highest BCUT2D eigenvalue weighted by Gasteiger charge is 2.21. The predicted molar refractivity (Wildman–Crippen MR) is 123 cm³/mol. The number of nitrogens with two attached hydrogens (primary N) is 2. The lowest BCUT2D eigenvalue weighted by molar-refractivity contribution is 0.103. The largest absolute Gasteiger partial charge is 0.436 e. The lowest BCUT2D eigenvalue weighted by Crippen LogP contribution is -2.09. The summed E-state index contributed by atoms with van der Waals surface area (Å²) in [5, 5.41) is 4.75. The van der Waals surface area contributed by atoms with E-state index < -0.39 is 17.4 Å². The summed E-state index contributed by atoms with van der Waals surface area (Å²) in [5.41, 5.74) is 13.9. The number of anilines is 2. The van der Waals surface area contributed by atoms with Gasteiger partial charge in [-0.15, -0.1) is 0 Å². The number of para-hydroxylation sites is 1. The summed E-state index contributed by atoms with van der Waals surface area (Å²) in [7, 11) is 0. The second-order valence-electron chi connectivity index (χ2n) is 7.67. The third-order valence-electron chi connectivity index (χ3n) is 5.37. The number of carbonyl (C=O) groups is 1. The van der Waals surface area contributed by atoms with Gasteiger partial charge in [0.2, 0.25) is 11.7 Å². The minimum Gasteiger partial charge on any atom is -0.436 e. The minimum absolute atomic E-state index is 0.0221. The fraction of sp³-hybridized carbons (Fsp3) is 0.0417. The molecule has 170 valence electrons. The summed E-state index contributed by atoms with van der Waals surface area (Å²) in [6, 6.07) is 11.8. The summed E-state index contributed by atoms with van der Waals surface area (Å²) in [4.78, 5) is 20.2. The molecular formula is C24H18F2N6O2. The van der Waals surface area contributed by atoms with Crippen LogP contribution < -0.4 is 16.2 Å². The molecule has 0 fully saturated rings. The SMILES string of the molecule is Cc1cc(Oc2ccccc2F)ncc1-n1ncc(C(=O)c2cc3cc(F)c(N)cc3[nH]2)c1N. The van der Waals surface area contributed by atoms with Gasteiger partial charge >= 0.3 is 0 Å². The van der Waals surface area contributed by atoms with Crippen LogP contribution in [0.4, 0.5) is 20.3 Å². The van der Waals surface area contributed by atoms with E-state index in [2.05, 4.69) is 15.1 Å². The van der Waals surface area contributed by atoms with Crippen LogP contribution >= 0.6 is 0 Å². The van der Waals surface area contributed by atoms with Gasteiger partial charge in [-0.25, -0.2) is 18.4 Å². The Hall–Kier alpha value is -4.73. The van der Waals surface area contributed by atoms with E-state index in [1.54, 1.807) is 25.1 Å². The maximum Gasteiger partial charge on any atom is 0.219 e. The molecule has 0 atom stereocenters. The molecule has 10 heteroatoms. The van der Waals surface area contributed by atoms with E-state index in [-0.39, 0.29) is 34.4 Å². The molecule has 0 aliphatic carbocycles. The number of nitrogen functional groups attached to an aromatic ring is 2. The molecular weight excluding hydrogens is 442 g/mol. The van der Waals surface area contributed by atoms with E-state index in [0.717, 1.165) is 0 Å². The van der Waals surface area contributed by atoms with Crippen molar-refractivity contribution in [2.45, 2.75) is 6.92 Å². The van der Waals surface area contributed by atoms with Crippen molar-refractivity contribution in [1.82, 2.24) is 19.7 Å². The van der Waals surface area contributed by atoms with Crippen LogP contribution in [0.25, 0.3) is 16.6 Å². The standard InChI is InChI=1S/C24H18F2N6O2/c1-12-6-22(34-21-5-3-2-4-15(21)25)29-11-20(12)32-24(28)14(10-30-32)23(33)19-8-13-7-16(26)17(27)9-18(13)31-19/h2-11,31H,27-28H2,1H3. The topological polar surface area (TPSA) is 125 Å². The van der Waals surface area contributed by atoms with E-state index in [4.69, 9.17) is 16.2 Å². The Morgan fingerprint density at radius 3 is 2.62 bits per heavy atom. The number of ether oxygens (including phenoxy) is 1. The number of pyridine rings is 1. The Morgan fingerprint density at radius 1 is 1.06 bits per heavy atom. The van der Waals surface area contributed by atoms with Crippen LogP contribution in [0.5, 0.6) is 11.6 Å². The summed E-state index contributed by atoms with van der Waals surface area (Å²) < 4.78 is 34.5. The molecule has 3 heterocycles. The average Bonchev–Trinajstić information content (AvgIpc) is 3.39. The van der Waals surface area contributed by atoms with Crippen molar-refractivity contribution in [3.8, 4) is 17.3 Å². The molecule has 0 bridgehead atoms. The minimum atomic E-state index is -0.566. The second kappa shape index (κ2) is 8.00. The quantitative estimate of drug-likeness (QED) is 0.262. The monoisotopic (exact) mass is 460 g/mol. The zero-order valence-electron chi connectivity index (χ0n) is 17.8. The average molecular weight is 460 g/mol. The zero-order valence-corrected chi connectivity index (χ0v) is 17.8. The van der Waals surface area contributed by atoms with Gasteiger partial charge in [0.25, 0.3) is 0 Å². The number of hydrogen-bond acceptors (Lipinski definition) is 6. The molecule has 5 N–H and O–H groups in total. The van der Waals surface area contributed by atoms with Gasteiger partial charge in [-0.1, -0.05) is 12.1 Å². The fourth-order valence-corrected chi connectivity index (χ4v) is 3.60. The number of hydrogen-bond donors (Lipinski definition) is 3. The van der Waals surface area contributed by atoms with Crippen molar-refractivity contribution in [3.05, 3.63) is 89.4 Å². The predicted octanol–water partition coefficient (Wildman–Crippen LogP) is 4.52. The first-order valence-electron chi connectivity index (χ1n) is 10.2. The Labute approximate surface area is 191 Å². The number of carbonyl (C=O) groups excluding carboxylic acids is 1. The van der Waals surface area contributed by atoms with Crippen molar-refractivity contribution in [2.24, 2.45) is 0 Å². The summed E-state index contributed by atoms with van der Waals surface area (Å²) in [5.74, 6) is -1.14. The van der Waals surface area contributed by atoms with E-state index in [0.29, 0.717) is 22.2 Å². The van der Waals surface area contributed by atoms with Gasteiger partial charge in [-0.05, 0) is 42.8 Å². The highest BCUT2D eigenvalue weighted by atomic mass is 19.1. The molecule has 0 spiro atoms. The number of aryl methyl sites for hydroxylation is 1. The third kappa shape index (κ3) is 3.60. The van der Waals surface area contributed by atoms with Gasteiger partial charge in [-0.2, -0.15) is 5.10 Å². The van der Waals surface area contributed by atoms with Crippen LogP contribution in [-0.2, 0) is 0 Å². The summed E-state index contributed by atoms with van der Waals surface area (Å²) in [6.07, 6.45) is 2.82. The molecule has 5 rings (SSSR count). The van der Waals surface area contributed by atoms with Crippen molar-refractivity contribution in [3.63, 3.8) is 0 Å². The molecule has 0 radical (unpaired) electrons. The lowest BCUT2D eigenvalue weighted by Gasteiger charge is -2.11. The van der Waals surface area contributed by atoms with Gasteiger partial charge in [-0.3, -0.25) is 4.79 Å². The zero-order chi connectivity index (χ0) is 24.0. The van der Waals surface area contributed by atoms with E-state index in [1.807, 2.05) is 0 Å². The molecule has 5 aromatic rings. The number of ketones is 1. The fourth-order valence-electron chi connectivity index (χ4n) is 3.60. The van der Waals surface area contributed by atoms with Crippen molar-refractivity contribution >= 4 is 28.2 Å². The molecule has 0 aliphatic rings. The Bertz CT molecular complexity index is 1530. The normalized spacial score (nSPS) is 11.1. The van der Waals surface area contributed by atoms with E-state index in [9.17, 15) is 13.6 Å². The van der Waals surface area contributed by atoms with Gasteiger partial charge in [0.15, 0.2) is 11.6 Å². The molecule has 0 amide bonds. The molecule has 34 heavy (non-hydrogen) atoms. The number of aromatic amines is 1. The lowest BCUT2D eigenvalue weighted by atomic mass is 10.1. The number of benzene rings is 2. The van der Waals surface area contributed by atoms with E-state index in [1.165, 1.54) is 47.4 Å². The summed E-state index contributed by atoms with van der Waals surface area (Å²) >= 11 is 0. The number of nitrogens with one attached hydrogen (secondary N) is 1. The number of halogens is 2. The first-order valence-corrected chi connectivity index (χ1v) is 10.2. The Kier molecular flexibility index (Phi) is 4.97. The van der Waals surface area contributed by atoms with Crippen LogP contribution in [0.15, 0.2) is 60.9 Å². The number of nitrogens with zero attached hydrogens (tertiary/aromatic N) is 3. The molecule has 0 unspecified atom stereocenters. The molecule has 0 saturated carbocycles. The highest BCUT2D eigenvalue weighted by molar-refractivity contribution is 6.12. The van der Waals surface area contributed by atoms with Gasteiger partial charge in [0, 0.05) is 17.0 Å². The van der Waals surface area contributed by atoms with Crippen LogP contribution in [0, 0.1) is 18.6 Å². The number of fused-ring (bicyclic) bond motifs is 1. The molecule has 0 saturated heterocycles. The highest BCUT2D eigenvalue weighted by Crippen LogP contribution is 2.28. The molecule has 2 aromatic carbocycles.